The SMILES string of the molecule is CC(=O)N[C@H](Cc1ccc(F)cc1)C(=O)N[C@H](Cc1cccc(C(F)(F)F)c1)C(=O)O. The number of carbonyl (C=O) groups excluding carboxylic acids is 2. The van der Waals surface area contributed by atoms with Gasteiger partial charge in [0, 0.05) is 19.8 Å². The van der Waals surface area contributed by atoms with Crippen LogP contribution < -0.4 is 10.6 Å². The van der Waals surface area contributed by atoms with E-state index in [2.05, 4.69) is 10.6 Å². The van der Waals surface area contributed by atoms with Crippen molar-refractivity contribution in [3.05, 3.63) is 71.0 Å². The number of carboxylic acid groups (broad SMARTS) is 1. The van der Waals surface area contributed by atoms with E-state index >= 15 is 0 Å². The summed E-state index contributed by atoms with van der Waals surface area (Å²) in [5.41, 5.74) is -0.356. The van der Waals surface area contributed by atoms with Crippen LogP contribution in [0.15, 0.2) is 48.5 Å². The van der Waals surface area contributed by atoms with E-state index in [-0.39, 0.29) is 12.0 Å². The molecule has 6 nitrogen and oxygen atoms in total. The third-order valence-corrected chi connectivity index (χ3v) is 4.36. The zero-order chi connectivity index (χ0) is 23.2. The van der Waals surface area contributed by atoms with Crippen molar-refractivity contribution in [2.45, 2.75) is 38.0 Å². The van der Waals surface area contributed by atoms with Crippen LogP contribution in [0.5, 0.6) is 0 Å². The lowest BCUT2D eigenvalue weighted by Crippen LogP contribution is -2.52. The Labute approximate surface area is 175 Å². The van der Waals surface area contributed by atoms with Gasteiger partial charge in [0.1, 0.15) is 17.9 Å². The molecule has 166 valence electrons. The Morgan fingerprint density at radius 3 is 2.10 bits per heavy atom. The highest BCUT2D eigenvalue weighted by Crippen LogP contribution is 2.29. The van der Waals surface area contributed by atoms with Crippen molar-refractivity contribution in [2.75, 3.05) is 0 Å². The Morgan fingerprint density at radius 2 is 1.55 bits per heavy atom. The molecule has 0 bridgehead atoms. The molecule has 0 aliphatic rings. The monoisotopic (exact) mass is 440 g/mol. The molecule has 0 aliphatic heterocycles. The summed E-state index contributed by atoms with van der Waals surface area (Å²) < 4.78 is 51.7. The van der Waals surface area contributed by atoms with Gasteiger partial charge < -0.3 is 15.7 Å². The second kappa shape index (κ2) is 10.1. The molecule has 0 spiro atoms. The molecule has 0 aromatic heterocycles. The highest BCUT2D eigenvalue weighted by molar-refractivity contribution is 5.90. The Morgan fingerprint density at radius 1 is 0.935 bits per heavy atom. The molecule has 0 radical (unpaired) electrons. The van der Waals surface area contributed by atoms with Crippen molar-refractivity contribution in [1.82, 2.24) is 10.6 Å². The molecule has 0 aliphatic carbocycles. The van der Waals surface area contributed by atoms with Gasteiger partial charge in [-0.2, -0.15) is 13.2 Å². The van der Waals surface area contributed by atoms with Crippen LogP contribution in [-0.4, -0.2) is 35.0 Å². The van der Waals surface area contributed by atoms with Crippen molar-refractivity contribution >= 4 is 17.8 Å². The lowest BCUT2D eigenvalue weighted by atomic mass is 10.0. The van der Waals surface area contributed by atoms with Crippen molar-refractivity contribution in [1.29, 1.82) is 0 Å². The molecular formula is C21H20F4N2O4. The first-order chi connectivity index (χ1) is 14.5. The number of hydrogen-bond acceptors (Lipinski definition) is 3. The second-order valence-corrected chi connectivity index (χ2v) is 6.89. The number of benzene rings is 2. The summed E-state index contributed by atoms with van der Waals surface area (Å²) in [4.78, 5) is 35.7. The van der Waals surface area contributed by atoms with Crippen molar-refractivity contribution in [3.63, 3.8) is 0 Å². The number of amides is 2. The Balaban J connectivity index is 2.17. The first-order valence-corrected chi connectivity index (χ1v) is 9.16. The van der Waals surface area contributed by atoms with Crippen molar-refractivity contribution in [3.8, 4) is 0 Å². The number of carbonyl (C=O) groups is 3. The van der Waals surface area contributed by atoms with E-state index in [9.17, 15) is 37.1 Å². The lowest BCUT2D eigenvalue weighted by molar-refractivity contribution is -0.142. The van der Waals surface area contributed by atoms with Crippen LogP contribution in [-0.2, 0) is 33.4 Å². The standard InChI is InChI=1S/C21H20F4N2O4/c1-12(28)26-17(10-13-5-7-16(22)8-6-13)19(29)27-18(20(30)31)11-14-3-2-4-15(9-14)21(23,24)25/h2-9,17-18H,10-11H2,1H3,(H,26,28)(H,27,29)(H,30,31)/t17-,18-/m1/s1. The molecule has 31 heavy (non-hydrogen) atoms. The van der Waals surface area contributed by atoms with E-state index in [1.807, 2.05) is 0 Å². The Kier molecular flexibility index (Phi) is 7.73. The molecule has 2 amide bonds. The van der Waals surface area contributed by atoms with Crippen LogP contribution in [0.1, 0.15) is 23.6 Å². The first-order valence-electron chi connectivity index (χ1n) is 9.16. The maximum absolute atomic E-state index is 13.1. The summed E-state index contributed by atoms with van der Waals surface area (Å²) >= 11 is 0. The molecule has 2 atom stereocenters. The Hall–Kier alpha value is -3.43. The molecule has 10 heteroatoms. The van der Waals surface area contributed by atoms with Gasteiger partial charge in [0.15, 0.2) is 0 Å². The second-order valence-electron chi connectivity index (χ2n) is 6.89. The average Bonchev–Trinajstić information content (AvgIpc) is 2.67. The summed E-state index contributed by atoms with van der Waals surface area (Å²) in [6, 6.07) is 6.61. The highest BCUT2D eigenvalue weighted by Gasteiger charge is 2.31. The minimum Gasteiger partial charge on any atom is -0.480 e. The van der Waals surface area contributed by atoms with Crippen molar-refractivity contribution < 1.29 is 37.1 Å². The fourth-order valence-electron chi connectivity index (χ4n) is 2.89. The number of hydrogen-bond donors (Lipinski definition) is 3. The lowest BCUT2D eigenvalue weighted by Gasteiger charge is -2.21. The van der Waals surface area contributed by atoms with Crippen LogP contribution >= 0.6 is 0 Å². The summed E-state index contributed by atoms with van der Waals surface area (Å²) in [5.74, 6) is -3.32. The molecule has 3 N–H and O–H groups in total. The zero-order valence-electron chi connectivity index (χ0n) is 16.4. The number of rotatable bonds is 8. The normalized spacial score (nSPS) is 13.2. The largest absolute Gasteiger partial charge is 0.480 e. The summed E-state index contributed by atoms with van der Waals surface area (Å²) in [7, 11) is 0. The minimum absolute atomic E-state index is 0.0401. The number of carboxylic acids is 1. The van der Waals surface area contributed by atoms with Gasteiger partial charge in [-0.15, -0.1) is 0 Å². The molecule has 0 saturated heterocycles. The van der Waals surface area contributed by atoms with Crippen LogP contribution in [0.3, 0.4) is 0 Å². The minimum atomic E-state index is -4.59. The van der Waals surface area contributed by atoms with Crippen LogP contribution in [0.25, 0.3) is 0 Å². The van der Waals surface area contributed by atoms with Gasteiger partial charge in [-0.3, -0.25) is 9.59 Å². The molecule has 0 heterocycles. The number of alkyl halides is 3. The summed E-state index contributed by atoms with van der Waals surface area (Å²) in [6.45, 7) is 1.17. The van der Waals surface area contributed by atoms with Crippen molar-refractivity contribution in [2.24, 2.45) is 0 Å². The molecular weight excluding hydrogens is 420 g/mol. The van der Waals surface area contributed by atoms with Gasteiger partial charge in [0.2, 0.25) is 11.8 Å². The summed E-state index contributed by atoms with van der Waals surface area (Å²) in [6.07, 6.45) is -5.03. The quantitative estimate of drug-likeness (QED) is 0.550. The highest BCUT2D eigenvalue weighted by atomic mass is 19.4. The van der Waals surface area contributed by atoms with Gasteiger partial charge in [-0.25, -0.2) is 9.18 Å². The maximum Gasteiger partial charge on any atom is 0.416 e. The van der Waals surface area contributed by atoms with E-state index in [1.54, 1.807) is 0 Å². The molecule has 2 aromatic rings. The van der Waals surface area contributed by atoms with Gasteiger partial charge in [0.25, 0.3) is 0 Å². The predicted octanol–water partition coefficient (Wildman–Crippen LogP) is 2.70. The predicted molar refractivity (Wildman–Crippen MR) is 102 cm³/mol. The van der Waals surface area contributed by atoms with Crippen LogP contribution in [0.4, 0.5) is 17.6 Å². The van der Waals surface area contributed by atoms with Gasteiger partial charge in [-0.05, 0) is 29.3 Å². The molecule has 0 fully saturated rings. The first kappa shape index (κ1) is 23.8. The average molecular weight is 440 g/mol. The molecule has 2 rings (SSSR count). The molecule has 0 unspecified atom stereocenters. The molecule has 2 aromatic carbocycles. The summed E-state index contributed by atoms with van der Waals surface area (Å²) in [5, 5.41) is 14.1. The van der Waals surface area contributed by atoms with E-state index in [4.69, 9.17) is 0 Å². The maximum atomic E-state index is 13.1. The third kappa shape index (κ3) is 7.40. The van der Waals surface area contributed by atoms with E-state index < -0.39 is 53.8 Å². The van der Waals surface area contributed by atoms with E-state index in [1.165, 1.54) is 37.3 Å². The number of nitrogens with one attached hydrogen (secondary N) is 2. The molecule has 0 saturated carbocycles. The fourth-order valence-corrected chi connectivity index (χ4v) is 2.89. The third-order valence-electron chi connectivity index (χ3n) is 4.36. The Bertz CT molecular complexity index is 945. The fraction of sp³-hybridized carbons (Fsp3) is 0.286. The van der Waals surface area contributed by atoms with Gasteiger partial charge in [-0.1, -0.05) is 30.3 Å². The zero-order valence-corrected chi connectivity index (χ0v) is 16.4. The van der Waals surface area contributed by atoms with Crippen LogP contribution in [0.2, 0.25) is 0 Å². The van der Waals surface area contributed by atoms with Gasteiger partial charge >= 0.3 is 12.1 Å². The number of halogens is 4. The van der Waals surface area contributed by atoms with E-state index in [0.29, 0.717) is 5.56 Å². The number of aliphatic carboxylic acids is 1. The topological polar surface area (TPSA) is 95.5 Å². The van der Waals surface area contributed by atoms with Gasteiger partial charge in [0.05, 0.1) is 5.56 Å². The van der Waals surface area contributed by atoms with Crippen LogP contribution in [0, 0.1) is 5.82 Å². The smallest absolute Gasteiger partial charge is 0.416 e. The van der Waals surface area contributed by atoms with E-state index in [0.717, 1.165) is 18.2 Å².